The second kappa shape index (κ2) is 10.7. The second-order valence-corrected chi connectivity index (χ2v) is 13.8. The van der Waals surface area contributed by atoms with E-state index in [1.807, 2.05) is 0 Å². The number of esters is 3. The van der Waals surface area contributed by atoms with Crippen molar-refractivity contribution in [2.24, 2.45) is 45.8 Å². The van der Waals surface area contributed by atoms with Crippen molar-refractivity contribution < 1.29 is 38.5 Å². The fourth-order valence-electron chi connectivity index (χ4n) is 10.3. The zero-order valence-corrected chi connectivity index (χ0v) is 24.8. The number of carboxylic acids is 1. The van der Waals surface area contributed by atoms with E-state index in [0.717, 1.165) is 38.5 Å². The van der Waals surface area contributed by atoms with E-state index in [2.05, 4.69) is 27.7 Å². The van der Waals surface area contributed by atoms with Crippen LogP contribution in [0.25, 0.3) is 0 Å². The van der Waals surface area contributed by atoms with E-state index in [0.29, 0.717) is 12.8 Å². The number of carbonyl (C=O) groups excluding carboxylic acids is 3. The third-order valence-corrected chi connectivity index (χ3v) is 11.9. The molecule has 4 rings (SSSR count). The molecule has 0 aromatic heterocycles. The summed E-state index contributed by atoms with van der Waals surface area (Å²) in [6.07, 6.45) is 5.71. The van der Waals surface area contributed by atoms with Gasteiger partial charge < -0.3 is 19.3 Å². The van der Waals surface area contributed by atoms with Crippen LogP contribution in [0.3, 0.4) is 0 Å². The molecule has 4 fully saturated rings. The van der Waals surface area contributed by atoms with E-state index >= 15 is 0 Å². The van der Waals surface area contributed by atoms with Gasteiger partial charge in [0.1, 0.15) is 18.3 Å². The molecular formula is C31H48O8. The van der Waals surface area contributed by atoms with E-state index in [1.54, 1.807) is 0 Å². The van der Waals surface area contributed by atoms with Crippen LogP contribution >= 0.6 is 0 Å². The van der Waals surface area contributed by atoms with Crippen LogP contribution in [0.5, 0.6) is 0 Å². The fraction of sp³-hybridized carbons (Fsp3) is 0.871. The molecule has 0 aliphatic heterocycles. The summed E-state index contributed by atoms with van der Waals surface area (Å²) in [5, 5.41) is 9.35. The first-order chi connectivity index (χ1) is 18.1. The van der Waals surface area contributed by atoms with Gasteiger partial charge in [0, 0.05) is 38.0 Å². The van der Waals surface area contributed by atoms with Crippen LogP contribution in [-0.2, 0) is 33.4 Å². The van der Waals surface area contributed by atoms with Gasteiger partial charge in [-0.1, -0.05) is 27.7 Å². The Bertz CT molecular complexity index is 993. The summed E-state index contributed by atoms with van der Waals surface area (Å²) in [6, 6.07) is 0. The SMILES string of the molecule is CC(=O)O[C@@H]1CC[C@@]2(C)[C@@H](C1)C[C@@H](OC(C)=O)[C@@]1(C)C3CCC([C@H](C)CCC(=O)O)[C@@]3(C)[C@@H](OC(C)=O)C[C@H]21. The molecule has 0 bridgehead atoms. The summed E-state index contributed by atoms with van der Waals surface area (Å²) in [4.78, 5) is 48.1. The molecule has 0 heterocycles. The lowest BCUT2D eigenvalue weighted by atomic mass is 9.37. The zero-order valence-electron chi connectivity index (χ0n) is 24.8. The van der Waals surface area contributed by atoms with E-state index in [-0.39, 0.29) is 88.5 Å². The molecule has 11 atom stereocenters. The number of fused-ring (bicyclic) bond motifs is 5. The number of carboxylic acid groups (broad SMARTS) is 1. The Balaban J connectivity index is 1.77. The van der Waals surface area contributed by atoms with Gasteiger partial charge in [-0.2, -0.15) is 0 Å². The Morgan fingerprint density at radius 1 is 0.795 bits per heavy atom. The molecule has 1 N–H and O–H groups in total. The summed E-state index contributed by atoms with van der Waals surface area (Å²) in [5.41, 5.74) is -0.752. The number of rotatable bonds is 7. The predicted molar refractivity (Wildman–Crippen MR) is 143 cm³/mol. The van der Waals surface area contributed by atoms with Gasteiger partial charge in [0.05, 0.1) is 0 Å². The normalized spacial score (nSPS) is 43.7. The van der Waals surface area contributed by atoms with Gasteiger partial charge in [-0.05, 0) is 86.4 Å². The topological polar surface area (TPSA) is 116 Å². The molecule has 0 aromatic carbocycles. The molecule has 4 saturated carbocycles. The Morgan fingerprint density at radius 3 is 1.95 bits per heavy atom. The number of carbonyl (C=O) groups is 4. The third kappa shape index (κ3) is 5.10. The number of hydrogen-bond donors (Lipinski definition) is 1. The van der Waals surface area contributed by atoms with E-state index in [4.69, 9.17) is 14.2 Å². The molecule has 0 saturated heterocycles. The molecule has 4 aliphatic carbocycles. The minimum Gasteiger partial charge on any atom is -0.481 e. The summed E-state index contributed by atoms with van der Waals surface area (Å²) in [5.74, 6) is -0.756. The molecular weight excluding hydrogens is 500 g/mol. The van der Waals surface area contributed by atoms with Crippen molar-refractivity contribution in [2.45, 2.75) is 125 Å². The Kier molecular flexibility index (Phi) is 8.19. The van der Waals surface area contributed by atoms with Crippen LogP contribution in [0, 0.1) is 45.8 Å². The molecule has 4 aliphatic rings. The monoisotopic (exact) mass is 548 g/mol. The highest BCUT2D eigenvalue weighted by molar-refractivity contribution is 5.67. The first kappa shape index (κ1) is 29.9. The van der Waals surface area contributed by atoms with Crippen molar-refractivity contribution in [2.75, 3.05) is 0 Å². The third-order valence-electron chi connectivity index (χ3n) is 11.9. The highest BCUT2D eigenvalue weighted by Gasteiger charge is 2.72. The van der Waals surface area contributed by atoms with Crippen molar-refractivity contribution in [3.05, 3.63) is 0 Å². The highest BCUT2D eigenvalue weighted by atomic mass is 16.6. The Hall–Kier alpha value is -2.12. The quantitative estimate of drug-likeness (QED) is 0.325. The number of hydrogen-bond acceptors (Lipinski definition) is 7. The largest absolute Gasteiger partial charge is 0.481 e. The molecule has 39 heavy (non-hydrogen) atoms. The minimum absolute atomic E-state index is 0.0746. The molecule has 0 spiro atoms. The fourth-order valence-corrected chi connectivity index (χ4v) is 10.3. The maximum atomic E-state index is 12.5. The van der Waals surface area contributed by atoms with Gasteiger partial charge in [0.25, 0.3) is 0 Å². The molecule has 8 nitrogen and oxygen atoms in total. The van der Waals surface area contributed by atoms with Crippen molar-refractivity contribution >= 4 is 23.9 Å². The Labute approximate surface area is 232 Å². The van der Waals surface area contributed by atoms with Crippen LogP contribution in [0.15, 0.2) is 0 Å². The van der Waals surface area contributed by atoms with Crippen molar-refractivity contribution in [1.82, 2.24) is 0 Å². The number of aliphatic carboxylic acids is 1. The summed E-state index contributed by atoms with van der Waals surface area (Å²) in [6.45, 7) is 13.4. The van der Waals surface area contributed by atoms with Crippen LogP contribution in [0.2, 0.25) is 0 Å². The maximum Gasteiger partial charge on any atom is 0.303 e. The lowest BCUT2D eigenvalue weighted by Crippen LogP contribution is -2.68. The van der Waals surface area contributed by atoms with Crippen LogP contribution in [-0.4, -0.2) is 47.3 Å². The molecule has 0 amide bonds. The zero-order chi connectivity index (χ0) is 28.9. The predicted octanol–water partition coefficient (Wildman–Crippen LogP) is 5.55. The Morgan fingerprint density at radius 2 is 1.38 bits per heavy atom. The van der Waals surface area contributed by atoms with Gasteiger partial charge in [-0.15, -0.1) is 0 Å². The van der Waals surface area contributed by atoms with Gasteiger partial charge in [-0.25, -0.2) is 0 Å². The van der Waals surface area contributed by atoms with Crippen molar-refractivity contribution in [3.8, 4) is 0 Å². The van der Waals surface area contributed by atoms with Crippen LogP contribution in [0.4, 0.5) is 0 Å². The molecule has 0 aromatic rings. The smallest absolute Gasteiger partial charge is 0.303 e. The molecule has 2 unspecified atom stereocenters. The van der Waals surface area contributed by atoms with Crippen molar-refractivity contribution in [3.63, 3.8) is 0 Å². The van der Waals surface area contributed by atoms with E-state index < -0.39 is 5.97 Å². The average molecular weight is 549 g/mol. The average Bonchev–Trinajstić information content (AvgIpc) is 3.19. The minimum atomic E-state index is -0.792. The van der Waals surface area contributed by atoms with Crippen LogP contribution < -0.4 is 0 Å². The van der Waals surface area contributed by atoms with E-state index in [9.17, 15) is 24.3 Å². The van der Waals surface area contributed by atoms with Crippen molar-refractivity contribution in [1.29, 1.82) is 0 Å². The van der Waals surface area contributed by atoms with Gasteiger partial charge >= 0.3 is 23.9 Å². The maximum absolute atomic E-state index is 12.5. The lowest BCUT2D eigenvalue weighted by molar-refractivity contribution is -0.260. The second-order valence-electron chi connectivity index (χ2n) is 13.8. The van der Waals surface area contributed by atoms with E-state index in [1.165, 1.54) is 20.8 Å². The van der Waals surface area contributed by atoms with Gasteiger partial charge in [-0.3, -0.25) is 19.2 Å². The first-order valence-electron chi connectivity index (χ1n) is 14.9. The van der Waals surface area contributed by atoms with Crippen LogP contribution in [0.1, 0.15) is 106 Å². The molecule has 8 heteroatoms. The number of ether oxygens (including phenoxy) is 3. The molecule has 0 radical (unpaired) electrons. The highest BCUT2D eigenvalue weighted by Crippen LogP contribution is 2.73. The first-order valence-corrected chi connectivity index (χ1v) is 14.9. The summed E-state index contributed by atoms with van der Waals surface area (Å²) >= 11 is 0. The van der Waals surface area contributed by atoms with Gasteiger partial charge in [0.15, 0.2) is 0 Å². The standard InChI is InChI=1S/C31H48O8/c1-17(8-11-28(35)36)23-9-10-24-30(23,6)27(39-20(4)34)16-25-29(5)13-12-22(37-18(2)32)14-21(29)15-26(31(24,25)7)38-19(3)33/h17,21-27H,8-16H2,1-7H3,(H,35,36)/t17-,21+,22-,23?,24?,25-,26-,27+,29+,30-,31+/m1/s1. The molecule has 220 valence electrons. The summed E-state index contributed by atoms with van der Waals surface area (Å²) < 4.78 is 18.0. The summed E-state index contributed by atoms with van der Waals surface area (Å²) in [7, 11) is 0. The lowest BCUT2D eigenvalue weighted by Gasteiger charge is -2.68. The van der Waals surface area contributed by atoms with Gasteiger partial charge in [0.2, 0.25) is 0 Å².